The van der Waals surface area contributed by atoms with Crippen molar-refractivity contribution in [3.05, 3.63) is 71.8 Å². The van der Waals surface area contributed by atoms with Gasteiger partial charge in [-0.2, -0.15) is 0 Å². The van der Waals surface area contributed by atoms with E-state index in [4.69, 9.17) is 4.74 Å². The summed E-state index contributed by atoms with van der Waals surface area (Å²) in [5, 5.41) is 5.18. The molecule has 0 aliphatic carbocycles. The third-order valence-corrected chi connectivity index (χ3v) is 4.70. The zero-order valence-electron chi connectivity index (χ0n) is 18.0. The van der Waals surface area contributed by atoms with Crippen molar-refractivity contribution in [3.8, 4) is 0 Å². The first-order valence-electron chi connectivity index (χ1n) is 10.1. The molecule has 0 unspecified atom stereocenters. The van der Waals surface area contributed by atoms with Gasteiger partial charge in [0.25, 0.3) is 0 Å². The van der Waals surface area contributed by atoms with Crippen molar-refractivity contribution < 1.29 is 23.9 Å². The average Bonchev–Trinajstić information content (AvgIpc) is 2.76. The summed E-state index contributed by atoms with van der Waals surface area (Å²) >= 11 is 0. The highest BCUT2D eigenvalue weighted by Crippen LogP contribution is 2.08. The third-order valence-electron chi connectivity index (χ3n) is 4.70. The SMILES string of the molecule is CC(=O)C(=O)[C@H](Cc1ccccc1)NC(=O)[C@@H](NC(=O)OCc1ccccc1)C(C)C. The van der Waals surface area contributed by atoms with Gasteiger partial charge in [0.2, 0.25) is 11.7 Å². The molecule has 0 saturated heterocycles. The molecule has 2 rings (SSSR count). The van der Waals surface area contributed by atoms with Gasteiger partial charge in [-0.05, 0) is 17.0 Å². The number of ketones is 2. The normalized spacial score (nSPS) is 12.5. The number of carbonyl (C=O) groups is 4. The Hall–Kier alpha value is -3.48. The molecule has 0 heterocycles. The molecule has 164 valence electrons. The van der Waals surface area contributed by atoms with Gasteiger partial charge >= 0.3 is 6.09 Å². The van der Waals surface area contributed by atoms with Crippen LogP contribution in [0.1, 0.15) is 31.9 Å². The van der Waals surface area contributed by atoms with Gasteiger partial charge in [-0.1, -0.05) is 74.5 Å². The van der Waals surface area contributed by atoms with E-state index in [0.29, 0.717) is 0 Å². The van der Waals surface area contributed by atoms with E-state index < -0.39 is 35.7 Å². The Balaban J connectivity index is 2.04. The maximum absolute atomic E-state index is 12.9. The standard InChI is InChI=1S/C24H28N2O5/c1-16(2)21(26-24(30)31-15-19-12-8-5-9-13-19)23(29)25-20(22(28)17(3)27)14-18-10-6-4-7-11-18/h4-13,16,20-21H,14-15H2,1-3H3,(H,25,29)(H,26,30)/t20-,21-/m0/s1. The molecular formula is C24H28N2O5. The van der Waals surface area contributed by atoms with Crippen LogP contribution in [0.15, 0.2) is 60.7 Å². The first kappa shape index (κ1) is 23.8. The number of alkyl carbamates (subject to hydrolysis) is 1. The first-order valence-corrected chi connectivity index (χ1v) is 10.1. The minimum Gasteiger partial charge on any atom is -0.445 e. The van der Waals surface area contributed by atoms with Crippen molar-refractivity contribution in [1.82, 2.24) is 10.6 Å². The van der Waals surface area contributed by atoms with Gasteiger partial charge < -0.3 is 15.4 Å². The summed E-state index contributed by atoms with van der Waals surface area (Å²) in [6.07, 6.45) is -0.566. The van der Waals surface area contributed by atoms with Crippen LogP contribution in [0.3, 0.4) is 0 Å². The fraction of sp³-hybridized carbons (Fsp3) is 0.333. The van der Waals surface area contributed by atoms with Gasteiger partial charge in [0.15, 0.2) is 5.78 Å². The van der Waals surface area contributed by atoms with E-state index >= 15 is 0 Å². The summed E-state index contributed by atoms with van der Waals surface area (Å²) in [6, 6.07) is 16.3. The summed E-state index contributed by atoms with van der Waals surface area (Å²) < 4.78 is 5.19. The number of nitrogens with one attached hydrogen (secondary N) is 2. The fourth-order valence-corrected chi connectivity index (χ4v) is 2.99. The van der Waals surface area contributed by atoms with Crippen molar-refractivity contribution in [3.63, 3.8) is 0 Å². The molecular weight excluding hydrogens is 396 g/mol. The number of hydrogen-bond donors (Lipinski definition) is 2. The second kappa shape index (κ2) is 11.6. The van der Waals surface area contributed by atoms with E-state index in [2.05, 4.69) is 10.6 Å². The Labute approximate surface area is 182 Å². The zero-order valence-corrected chi connectivity index (χ0v) is 18.0. The van der Waals surface area contributed by atoms with Gasteiger partial charge in [-0.15, -0.1) is 0 Å². The molecule has 0 radical (unpaired) electrons. The van der Waals surface area contributed by atoms with Gasteiger partial charge in [0, 0.05) is 13.3 Å². The molecule has 7 heteroatoms. The number of Topliss-reactive ketones (excluding diaryl/α,β-unsaturated/α-hetero) is 2. The summed E-state index contributed by atoms with van der Waals surface area (Å²) in [7, 11) is 0. The van der Waals surface area contributed by atoms with E-state index in [9.17, 15) is 19.2 Å². The Morgan fingerprint density at radius 3 is 1.90 bits per heavy atom. The lowest BCUT2D eigenvalue weighted by atomic mass is 9.98. The maximum Gasteiger partial charge on any atom is 0.408 e. The number of carbonyl (C=O) groups excluding carboxylic acids is 4. The third kappa shape index (κ3) is 7.70. The van der Waals surface area contributed by atoms with Gasteiger partial charge in [-0.25, -0.2) is 4.79 Å². The highest BCUT2D eigenvalue weighted by atomic mass is 16.5. The molecule has 2 atom stereocenters. The smallest absolute Gasteiger partial charge is 0.408 e. The average molecular weight is 424 g/mol. The van der Waals surface area contributed by atoms with Gasteiger partial charge in [0.05, 0.1) is 6.04 Å². The lowest BCUT2D eigenvalue weighted by molar-refractivity contribution is -0.138. The zero-order chi connectivity index (χ0) is 22.8. The summed E-state index contributed by atoms with van der Waals surface area (Å²) in [5.41, 5.74) is 1.62. The molecule has 31 heavy (non-hydrogen) atoms. The van der Waals surface area contributed by atoms with Crippen molar-refractivity contribution in [1.29, 1.82) is 0 Å². The van der Waals surface area contributed by atoms with E-state index in [0.717, 1.165) is 11.1 Å². The number of benzene rings is 2. The van der Waals surface area contributed by atoms with Crippen molar-refractivity contribution in [2.24, 2.45) is 5.92 Å². The van der Waals surface area contributed by atoms with Crippen LogP contribution in [0.4, 0.5) is 4.79 Å². The molecule has 2 aromatic rings. The molecule has 2 aromatic carbocycles. The number of ether oxygens (including phenoxy) is 1. The van der Waals surface area contributed by atoms with E-state index in [1.807, 2.05) is 60.7 Å². The largest absolute Gasteiger partial charge is 0.445 e. The van der Waals surface area contributed by atoms with Crippen LogP contribution in [-0.4, -0.2) is 35.7 Å². The van der Waals surface area contributed by atoms with Crippen LogP contribution in [0.2, 0.25) is 0 Å². The number of amides is 2. The summed E-state index contributed by atoms with van der Waals surface area (Å²) in [6.45, 7) is 4.77. The predicted octanol–water partition coefficient (Wildman–Crippen LogP) is 2.82. The lowest BCUT2D eigenvalue weighted by Crippen LogP contribution is -2.55. The Kier molecular flexibility index (Phi) is 8.94. The topological polar surface area (TPSA) is 102 Å². The van der Waals surface area contributed by atoms with Crippen LogP contribution in [0.25, 0.3) is 0 Å². The maximum atomic E-state index is 12.9. The predicted molar refractivity (Wildman–Crippen MR) is 116 cm³/mol. The molecule has 0 fully saturated rings. The van der Waals surface area contributed by atoms with Gasteiger partial charge in [-0.3, -0.25) is 14.4 Å². The summed E-state index contributed by atoms with van der Waals surface area (Å²) in [4.78, 5) is 49.1. The molecule has 0 bridgehead atoms. The Morgan fingerprint density at radius 1 is 0.839 bits per heavy atom. The van der Waals surface area contributed by atoms with Crippen molar-refractivity contribution >= 4 is 23.6 Å². The summed E-state index contributed by atoms with van der Waals surface area (Å²) in [5.74, 6) is -2.15. The van der Waals surface area contributed by atoms with Crippen LogP contribution in [-0.2, 0) is 32.1 Å². The molecule has 2 N–H and O–H groups in total. The Morgan fingerprint density at radius 2 is 1.39 bits per heavy atom. The number of rotatable bonds is 10. The fourth-order valence-electron chi connectivity index (χ4n) is 2.99. The first-order chi connectivity index (χ1) is 14.8. The molecule has 0 aliphatic heterocycles. The van der Waals surface area contributed by atoms with E-state index in [1.165, 1.54) is 6.92 Å². The van der Waals surface area contributed by atoms with Crippen LogP contribution >= 0.6 is 0 Å². The minimum absolute atomic E-state index is 0.0680. The Bertz CT molecular complexity index is 897. The molecule has 0 spiro atoms. The molecule has 0 aromatic heterocycles. The van der Waals surface area contributed by atoms with E-state index in [-0.39, 0.29) is 18.9 Å². The van der Waals surface area contributed by atoms with Crippen LogP contribution in [0.5, 0.6) is 0 Å². The second-order valence-corrected chi connectivity index (χ2v) is 7.60. The van der Waals surface area contributed by atoms with Crippen molar-refractivity contribution in [2.45, 2.75) is 45.9 Å². The monoisotopic (exact) mass is 424 g/mol. The highest BCUT2D eigenvalue weighted by Gasteiger charge is 2.30. The quantitative estimate of drug-likeness (QED) is 0.571. The molecule has 7 nitrogen and oxygen atoms in total. The van der Waals surface area contributed by atoms with E-state index in [1.54, 1.807) is 13.8 Å². The minimum atomic E-state index is -1.02. The molecule has 0 saturated carbocycles. The van der Waals surface area contributed by atoms with Crippen LogP contribution < -0.4 is 10.6 Å². The highest BCUT2D eigenvalue weighted by molar-refractivity contribution is 6.38. The van der Waals surface area contributed by atoms with Gasteiger partial charge in [0.1, 0.15) is 12.6 Å². The second-order valence-electron chi connectivity index (χ2n) is 7.60. The molecule has 2 amide bonds. The molecule has 0 aliphatic rings. The number of hydrogen-bond acceptors (Lipinski definition) is 5. The lowest BCUT2D eigenvalue weighted by Gasteiger charge is -2.24. The van der Waals surface area contributed by atoms with Crippen LogP contribution in [0, 0.1) is 5.92 Å². The van der Waals surface area contributed by atoms with Crippen molar-refractivity contribution in [2.75, 3.05) is 0 Å².